The molecule has 1 aromatic carbocycles. The van der Waals surface area contributed by atoms with Crippen LogP contribution in [-0.4, -0.2) is 32.0 Å². The minimum Gasteiger partial charge on any atom is -0.497 e. The van der Waals surface area contributed by atoms with E-state index in [1.807, 2.05) is 31.2 Å². The van der Waals surface area contributed by atoms with Gasteiger partial charge in [-0.2, -0.15) is 10.1 Å². The minimum absolute atomic E-state index is 0.288. The van der Waals surface area contributed by atoms with Crippen LogP contribution in [0.3, 0.4) is 0 Å². The second kappa shape index (κ2) is 7.55. The zero-order valence-corrected chi connectivity index (χ0v) is 16.3. The van der Waals surface area contributed by atoms with Gasteiger partial charge in [0.25, 0.3) is 5.56 Å². The molecule has 0 saturated carbocycles. The number of anilines is 1. The number of allylic oxidation sites excluding steroid dienone is 1. The number of imidazole rings is 1. The fourth-order valence-corrected chi connectivity index (χ4v) is 2.81. The van der Waals surface area contributed by atoms with Gasteiger partial charge in [0.15, 0.2) is 11.2 Å². The number of rotatable bonds is 6. The second-order valence-corrected chi connectivity index (χ2v) is 6.50. The molecule has 0 bridgehead atoms. The van der Waals surface area contributed by atoms with Crippen molar-refractivity contribution in [3.63, 3.8) is 0 Å². The van der Waals surface area contributed by atoms with E-state index < -0.39 is 11.2 Å². The van der Waals surface area contributed by atoms with Gasteiger partial charge in [0, 0.05) is 20.6 Å². The summed E-state index contributed by atoms with van der Waals surface area (Å²) in [6.45, 7) is 6.13. The van der Waals surface area contributed by atoms with E-state index in [9.17, 15) is 9.59 Å². The van der Waals surface area contributed by atoms with E-state index in [1.54, 1.807) is 24.9 Å². The second-order valence-electron chi connectivity index (χ2n) is 6.50. The molecule has 0 amide bonds. The predicted octanol–water partition coefficient (Wildman–Crippen LogP) is 1.46. The van der Waals surface area contributed by atoms with Gasteiger partial charge in [0.05, 0.1) is 13.3 Å². The number of benzene rings is 1. The number of methoxy groups -OCH3 is 1. The molecule has 146 valence electrons. The topological polar surface area (TPSA) is 95.4 Å². The van der Waals surface area contributed by atoms with E-state index >= 15 is 0 Å². The van der Waals surface area contributed by atoms with Crippen LogP contribution in [0.15, 0.2) is 51.1 Å². The molecule has 0 fully saturated rings. The lowest BCUT2D eigenvalue weighted by molar-refractivity contribution is 0.415. The summed E-state index contributed by atoms with van der Waals surface area (Å²) in [7, 11) is 4.62. The summed E-state index contributed by atoms with van der Waals surface area (Å²) in [6, 6.07) is 7.38. The first kappa shape index (κ1) is 19.2. The molecular formula is C19H22N6O3. The number of nitrogens with one attached hydrogen (secondary N) is 1. The average Bonchev–Trinajstić information content (AvgIpc) is 3.03. The lowest BCUT2D eigenvalue weighted by Crippen LogP contribution is -2.37. The lowest BCUT2D eigenvalue weighted by Gasteiger charge is -2.08. The third-order valence-electron chi connectivity index (χ3n) is 4.27. The van der Waals surface area contributed by atoms with Crippen molar-refractivity contribution in [2.75, 3.05) is 12.5 Å². The van der Waals surface area contributed by atoms with Crippen LogP contribution < -0.4 is 21.4 Å². The summed E-state index contributed by atoms with van der Waals surface area (Å²) in [4.78, 5) is 29.3. The first-order valence-electron chi connectivity index (χ1n) is 8.57. The Bertz CT molecular complexity index is 1180. The van der Waals surface area contributed by atoms with Crippen LogP contribution in [0, 0.1) is 0 Å². The Kier molecular flexibility index (Phi) is 5.16. The van der Waals surface area contributed by atoms with Gasteiger partial charge in [-0.15, -0.1) is 0 Å². The third kappa shape index (κ3) is 3.46. The number of aryl methyl sites for hydroxylation is 1. The molecule has 2 aromatic heterocycles. The molecule has 0 spiro atoms. The fourth-order valence-electron chi connectivity index (χ4n) is 2.81. The summed E-state index contributed by atoms with van der Waals surface area (Å²) >= 11 is 0. The minimum atomic E-state index is -0.439. The molecule has 9 heteroatoms. The molecule has 0 atom stereocenters. The van der Waals surface area contributed by atoms with Crippen molar-refractivity contribution in [3.8, 4) is 5.75 Å². The molecule has 3 rings (SSSR count). The molecule has 0 unspecified atom stereocenters. The highest BCUT2D eigenvalue weighted by Crippen LogP contribution is 2.17. The number of fused-ring (bicyclic) bond motifs is 1. The Balaban J connectivity index is 2.04. The Labute approximate surface area is 161 Å². The van der Waals surface area contributed by atoms with Crippen molar-refractivity contribution in [2.24, 2.45) is 19.2 Å². The van der Waals surface area contributed by atoms with E-state index in [0.29, 0.717) is 18.0 Å². The summed E-state index contributed by atoms with van der Waals surface area (Å²) in [6.07, 6.45) is 1.63. The van der Waals surface area contributed by atoms with Crippen molar-refractivity contribution in [2.45, 2.75) is 13.5 Å². The Morgan fingerprint density at radius 3 is 2.54 bits per heavy atom. The van der Waals surface area contributed by atoms with Gasteiger partial charge >= 0.3 is 5.69 Å². The Hall–Kier alpha value is -3.62. The lowest BCUT2D eigenvalue weighted by atomic mass is 10.2. The highest BCUT2D eigenvalue weighted by Gasteiger charge is 2.18. The van der Waals surface area contributed by atoms with Gasteiger partial charge in [0.1, 0.15) is 5.75 Å². The number of nitrogens with zero attached hydrogens (tertiary/aromatic N) is 5. The maximum atomic E-state index is 12.7. The van der Waals surface area contributed by atoms with E-state index in [-0.39, 0.29) is 5.65 Å². The van der Waals surface area contributed by atoms with Gasteiger partial charge in [0.2, 0.25) is 5.95 Å². The number of aromatic nitrogens is 4. The molecule has 2 heterocycles. The molecule has 9 nitrogen and oxygen atoms in total. The molecule has 0 radical (unpaired) electrons. The van der Waals surface area contributed by atoms with Crippen LogP contribution in [0.5, 0.6) is 5.75 Å². The maximum Gasteiger partial charge on any atom is 0.332 e. The van der Waals surface area contributed by atoms with Crippen LogP contribution in [0.25, 0.3) is 11.2 Å². The van der Waals surface area contributed by atoms with Crippen molar-refractivity contribution in [3.05, 3.63) is 62.8 Å². The standard InChI is InChI=1S/C19H22N6O3/c1-12(2)11-25-15-16(23(3)19(27)24(4)17(15)26)21-18(25)22-20-10-13-6-8-14(28-5)9-7-13/h6-10H,1,11H2,2-5H3,(H,21,22)/b20-10-. The molecule has 1 N–H and O–H groups in total. The van der Waals surface area contributed by atoms with E-state index in [1.165, 1.54) is 11.6 Å². The number of ether oxygens (including phenoxy) is 1. The molecule has 0 aliphatic rings. The van der Waals surface area contributed by atoms with Gasteiger partial charge in [-0.25, -0.2) is 10.2 Å². The molecule has 28 heavy (non-hydrogen) atoms. The largest absolute Gasteiger partial charge is 0.497 e. The smallest absolute Gasteiger partial charge is 0.332 e. The zero-order chi connectivity index (χ0) is 20.4. The third-order valence-corrected chi connectivity index (χ3v) is 4.27. The van der Waals surface area contributed by atoms with Crippen LogP contribution in [0.1, 0.15) is 12.5 Å². The summed E-state index contributed by atoms with van der Waals surface area (Å²) in [5.41, 5.74) is 4.30. The van der Waals surface area contributed by atoms with Crippen molar-refractivity contribution >= 4 is 23.3 Å². The highest BCUT2D eigenvalue weighted by atomic mass is 16.5. The van der Waals surface area contributed by atoms with Crippen LogP contribution in [-0.2, 0) is 20.6 Å². The Morgan fingerprint density at radius 2 is 1.93 bits per heavy atom. The van der Waals surface area contributed by atoms with Crippen molar-refractivity contribution < 1.29 is 4.74 Å². The van der Waals surface area contributed by atoms with E-state index in [0.717, 1.165) is 21.5 Å². The Morgan fingerprint density at radius 1 is 1.25 bits per heavy atom. The van der Waals surface area contributed by atoms with Crippen LogP contribution in [0.4, 0.5) is 5.95 Å². The number of hydrogen-bond donors (Lipinski definition) is 1. The van der Waals surface area contributed by atoms with Gasteiger partial charge < -0.3 is 4.74 Å². The molecule has 3 aromatic rings. The number of hydrogen-bond acceptors (Lipinski definition) is 6. The summed E-state index contributed by atoms with van der Waals surface area (Å²) in [5, 5.41) is 4.21. The molecule has 0 saturated heterocycles. The fraction of sp³-hybridized carbons (Fsp3) is 0.263. The molecule has 0 aliphatic carbocycles. The van der Waals surface area contributed by atoms with Crippen molar-refractivity contribution in [1.82, 2.24) is 18.7 Å². The predicted molar refractivity (Wildman–Crippen MR) is 109 cm³/mol. The summed E-state index contributed by atoms with van der Waals surface area (Å²) in [5.74, 6) is 1.10. The van der Waals surface area contributed by atoms with Crippen LogP contribution >= 0.6 is 0 Å². The van der Waals surface area contributed by atoms with Crippen LogP contribution in [0.2, 0.25) is 0 Å². The van der Waals surface area contributed by atoms with Crippen molar-refractivity contribution in [1.29, 1.82) is 0 Å². The normalized spacial score (nSPS) is 11.3. The average molecular weight is 382 g/mol. The first-order chi connectivity index (χ1) is 13.3. The monoisotopic (exact) mass is 382 g/mol. The van der Waals surface area contributed by atoms with Gasteiger partial charge in [-0.1, -0.05) is 12.2 Å². The van der Waals surface area contributed by atoms with Gasteiger partial charge in [-0.05, 0) is 36.8 Å². The highest BCUT2D eigenvalue weighted by molar-refractivity contribution is 5.80. The number of hydrazone groups is 1. The first-order valence-corrected chi connectivity index (χ1v) is 8.57. The quantitative estimate of drug-likeness (QED) is 0.396. The molecule has 0 aliphatic heterocycles. The molecular weight excluding hydrogens is 360 g/mol. The van der Waals surface area contributed by atoms with E-state index in [4.69, 9.17) is 4.74 Å². The maximum absolute atomic E-state index is 12.7. The van der Waals surface area contributed by atoms with E-state index in [2.05, 4.69) is 22.1 Å². The summed E-state index contributed by atoms with van der Waals surface area (Å²) < 4.78 is 9.20. The SMILES string of the molecule is C=C(C)Cn1c(N/N=C\c2ccc(OC)cc2)nc2c1c(=O)n(C)c(=O)n2C. The van der Waals surface area contributed by atoms with Gasteiger partial charge in [-0.3, -0.25) is 18.5 Å². The zero-order valence-electron chi connectivity index (χ0n) is 16.3.